The summed E-state index contributed by atoms with van der Waals surface area (Å²) in [5.74, 6) is -2.73. The molecule has 3 aromatic rings. The van der Waals surface area contributed by atoms with Crippen LogP contribution in [0.5, 0.6) is 0 Å². The van der Waals surface area contributed by atoms with Gasteiger partial charge in [-0.25, -0.2) is 15.0 Å². The number of carboxylic acids is 1. The van der Waals surface area contributed by atoms with Crippen LogP contribution in [-0.4, -0.2) is 36.4 Å². The number of nitrogens with zero attached hydrogens (tertiary/aromatic N) is 1. The summed E-state index contributed by atoms with van der Waals surface area (Å²) in [6.07, 6.45) is -7.37. The van der Waals surface area contributed by atoms with Crippen molar-refractivity contribution in [1.82, 2.24) is 4.98 Å². The van der Waals surface area contributed by atoms with Gasteiger partial charge in [0.2, 0.25) is 0 Å². The number of hydrogen-bond acceptors (Lipinski definition) is 3. The fourth-order valence-electron chi connectivity index (χ4n) is 3.51. The molecule has 3 N–H and O–H groups in total. The quantitative estimate of drug-likeness (QED) is 0.511. The molecule has 2 aromatic heterocycles. The van der Waals surface area contributed by atoms with Gasteiger partial charge in [-0.05, 0) is 25.0 Å². The Morgan fingerprint density at radius 1 is 1.09 bits per heavy atom. The summed E-state index contributed by atoms with van der Waals surface area (Å²) in [7, 11) is 0. The van der Waals surface area contributed by atoms with E-state index in [9.17, 15) is 26.3 Å². The van der Waals surface area contributed by atoms with Crippen molar-refractivity contribution >= 4 is 46.0 Å². The largest absolute Gasteiger partial charge is 0.542 e. The van der Waals surface area contributed by atoms with Crippen LogP contribution in [0.4, 0.5) is 32.2 Å². The number of hydrogen-bond donors (Lipinski definition) is 1. The first-order chi connectivity index (χ1) is 15.8. The lowest BCUT2D eigenvalue weighted by molar-refractivity contribution is -0.365. The second-order valence-corrected chi connectivity index (χ2v) is 8.27. The van der Waals surface area contributed by atoms with Crippen LogP contribution in [0.2, 0.25) is 10.0 Å². The first-order valence-corrected chi connectivity index (χ1v) is 10.5. The average Bonchev–Trinajstić information content (AvgIpc) is 3.16. The summed E-state index contributed by atoms with van der Waals surface area (Å²) in [4.78, 5) is 20.5. The minimum absolute atomic E-state index is 0.0906. The molecule has 0 atom stereocenters. The Balaban J connectivity index is 0.000000406. The zero-order valence-electron chi connectivity index (χ0n) is 17.1. The van der Waals surface area contributed by atoms with Crippen LogP contribution in [0.1, 0.15) is 12.8 Å². The highest BCUT2D eigenvalue weighted by Gasteiger charge is 2.43. The van der Waals surface area contributed by atoms with Gasteiger partial charge in [0.05, 0.1) is 35.2 Å². The van der Waals surface area contributed by atoms with Crippen molar-refractivity contribution in [2.75, 3.05) is 18.0 Å². The van der Waals surface area contributed by atoms with E-state index < -0.39 is 24.2 Å². The minimum Gasteiger partial charge on any atom is -0.542 e. The molecule has 14 heteroatoms. The van der Waals surface area contributed by atoms with Crippen LogP contribution < -0.4 is 20.0 Å². The van der Waals surface area contributed by atoms with Gasteiger partial charge in [-0.3, -0.25) is 4.90 Å². The third kappa shape index (κ3) is 6.03. The lowest BCUT2D eigenvalue weighted by Gasteiger charge is -2.29. The summed E-state index contributed by atoms with van der Waals surface area (Å²) in [5.41, 5.74) is 2.43. The number of pyridine rings is 1. The number of fused-ring (bicyclic) bond motifs is 1. The van der Waals surface area contributed by atoms with Gasteiger partial charge in [-0.1, -0.05) is 23.2 Å². The van der Waals surface area contributed by atoms with E-state index in [0.29, 0.717) is 23.1 Å². The van der Waals surface area contributed by atoms with Crippen molar-refractivity contribution in [3.8, 4) is 11.4 Å². The Labute approximate surface area is 198 Å². The molecule has 1 aliphatic heterocycles. The number of halogens is 8. The molecule has 0 amide bonds. The zero-order valence-corrected chi connectivity index (χ0v) is 18.6. The van der Waals surface area contributed by atoms with Crippen LogP contribution in [0, 0.1) is 5.92 Å². The van der Waals surface area contributed by atoms with Gasteiger partial charge in [-0.2, -0.15) is 26.3 Å². The summed E-state index contributed by atoms with van der Waals surface area (Å²) in [5, 5.41) is 9.67. The Kier molecular flexibility index (Phi) is 7.51. The fraction of sp³-hybridized carbons (Fsp3) is 0.350. The molecule has 0 bridgehead atoms. The second kappa shape index (κ2) is 9.87. The minimum atomic E-state index is -5.19. The van der Waals surface area contributed by atoms with Gasteiger partial charge in [0.25, 0.3) is 11.6 Å². The Bertz CT molecular complexity index is 1140. The van der Waals surface area contributed by atoms with E-state index in [2.05, 4.69) is 15.0 Å². The predicted molar refractivity (Wildman–Crippen MR) is 109 cm³/mol. The normalized spacial score (nSPS) is 15.2. The smallest absolute Gasteiger partial charge is 0.430 e. The van der Waals surface area contributed by atoms with Gasteiger partial charge >= 0.3 is 12.4 Å². The number of benzene rings is 1. The Morgan fingerprint density at radius 2 is 1.68 bits per heavy atom. The zero-order chi connectivity index (χ0) is 25.3. The molecule has 0 spiro atoms. The molecule has 0 aliphatic carbocycles. The molecule has 6 nitrogen and oxygen atoms in total. The second-order valence-electron chi connectivity index (χ2n) is 7.46. The number of aromatic nitrogens is 3. The number of alkyl halides is 6. The molecule has 1 fully saturated rings. The number of carboxylic acid groups (broad SMARTS) is 1. The first-order valence-electron chi connectivity index (χ1n) is 9.78. The van der Waals surface area contributed by atoms with Crippen molar-refractivity contribution in [1.29, 1.82) is 0 Å². The third-order valence-electron chi connectivity index (χ3n) is 5.19. The number of carbonyl (C=O) groups excluding carboxylic acids is 1. The lowest BCUT2D eigenvalue weighted by atomic mass is 9.96. The van der Waals surface area contributed by atoms with E-state index in [1.807, 2.05) is 17.0 Å². The number of rotatable bonds is 2. The summed E-state index contributed by atoms with van der Waals surface area (Å²) < 4.78 is 70.4. The van der Waals surface area contributed by atoms with E-state index in [1.54, 1.807) is 18.3 Å². The highest BCUT2D eigenvalue weighted by Crippen LogP contribution is 2.36. The van der Waals surface area contributed by atoms with Crippen LogP contribution in [0.3, 0.4) is 0 Å². The molecule has 1 saturated heterocycles. The molecular weight excluding hydrogens is 513 g/mol. The van der Waals surface area contributed by atoms with E-state index in [1.165, 1.54) is 0 Å². The van der Waals surface area contributed by atoms with Crippen LogP contribution in [0.15, 0.2) is 30.5 Å². The lowest BCUT2D eigenvalue weighted by Crippen LogP contribution is -2.41. The number of aromatic amines is 3. The molecule has 34 heavy (non-hydrogen) atoms. The molecular formula is C20H17Cl2F6N4O2+. The van der Waals surface area contributed by atoms with Gasteiger partial charge in [0.15, 0.2) is 16.6 Å². The molecule has 0 unspecified atom stereocenters. The Morgan fingerprint density at radius 3 is 2.24 bits per heavy atom. The maximum Gasteiger partial charge on any atom is 0.430 e. The SMILES string of the molecule is FC(F)(F)C1CCN(c2[nH+]cccc2-c2[nH]c3cc(Cl)c(Cl)cc3[nH+]2)CC1.O=C([O-])C(F)(F)F. The molecule has 0 radical (unpaired) electrons. The van der Waals surface area contributed by atoms with Crippen molar-refractivity contribution in [3.05, 3.63) is 40.5 Å². The van der Waals surface area contributed by atoms with Crippen molar-refractivity contribution < 1.29 is 46.2 Å². The third-order valence-corrected chi connectivity index (χ3v) is 5.91. The van der Waals surface area contributed by atoms with Crippen LogP contribution >= 0.6 is 23.2 Å². The van der Waals surface area contributed by atoms with E-state index in [-0.39, 0.29) is 12.8 Å². The van der Waals surface area contributed by atoms with Gasteiger partial charge in [0.1, 0.15) is 5.97 Å². The number of aliphatic carboxylic acids is 1. The maximum absolute atomic E-state index is 12.9. The average molecular weight is 530 g/mol. The number of anilines is 1. The summed E-state index contributed by atoms with van der Waals surface area (Å²) >= 11 is 12.1. The van der Waals surface area contributed by atoms with Crippen molar-refractivity contribution in [2.24, 2.45) is 5.92 Å². The summed E-state index contributed by atoms with van der Waals surface area (Å²) in [6, 6.07) is 7.23. The molecule has 1 aliphatic rings. The Hall–Kier alpha value is -2.73. The molecule has 1 aromatic carbocycles. The van der Waals surface area contributed by atoms with Crippen molar-refractivity contribution in [2.45, 2.75) is 25.2 Å². The van der Waals surface area contributed by atoms with Crippen LogP contribution in [-0.2, 0) is 4.79 Å². The standard InChI is InChI=1S/C18H15Cl2F3N4.C2HF3O2/c19-12-8-14-15(9-13(12)20)26-16(25-14)11-2-1-5-24-17(11)27-6-3-10(4-7-27)18(21,22)23;3-2(4,5)1(6)7/h1-2,5,8-10H,3-4,6-7H2,(H,25,26);(H,6,7)/p+1. The van der Waals surface area contributed by atoms with Gasteiger partial charge < -0.3 is 9.90 Å². The van der Waals surface area contributed by atoms with Gasteiger partial charge in [0, 0.05) is 12.1 Å². The first kappa shape index (κ1) is 25.9. The van der Waals surface area contributed by atoms with Crippen LogP contribution in [0.25, 0.3) is 22.4 Å². The van der Waals surface area contributed by atoms with E-state index >= 15 is 0 Å². The summed E-state index contributed by atoms with van der Waals surface area (Å²) in [6.45, 7) is 0.686. The molecule has 0 saturated carbocycles. The number of carbonyl (C=O) groups is 1. The number of imidazole rings is 1. The van der Waals surface area contributed by atoms with E-state index in [0.717, 1.165) is 28.2 Å². The predicted octanol–water partition coefficient (Wildman–Crippen LogP) is 3.85. The van der Waals surface area contributed by atoms with Gasteiger partial charge in [-0.15, -0.1) is 0 Å². The monoisotopic (exact) mass is 529 g/mol. The van der Waals surface area contributed by atoms with E-state index in [4.69, 9.17) is 33.1 Å². The van der Waals surface area contributed by atoms with Crippen molar-refractivity contribution in [3.63, 3.8) is 0 Å². The topological polar surface area (TPSA) is 87.4 Å². The number of H-pyrrole nitrogens is 3. The highest BCUT2D eigenvalue weighted by molar-refractivity contribution is 6.42. The molecule has 184 valence electrons. The molecule has 4 rings (SSSR count). The fourth-order valence-corrected chi connectivity index (χ4v) is 3.84. The molecule has 3 heterocycles. The number of nitrogens with one attached hydrogen (secondary N) is 3. The highest BCUT2D eigenvalue weighted by atomic mass is 35.5. The number of piperidine rings is 1. The maximum atomic E-state index is 12.9.